The average Bonchev–Trinajstić information content (AvgIpc) is 2.91. The van der Waals surface area contributed by atoms with E-state index in [1.807, 2.05) is 4.98 Å². The van der Waals surface area contributed by atoms with Crippen LogP contribution in [0.4, 0.5) is 9.18 Å². The van der Waals surface area contributed by atoms with Crippen molar-refractivity contribution < 1.29 is 51.7 Å². The Morgan fingerprint density at radius 2 is 1.95 bits per heavy atom. The molecular formula is C24H32FN2O12P. The molecule has 0 spiro atoms. The van der Waals surface area contributed by atoms with E-state index in [0.29, 0.717) is 5.56 Å². The van der Waals surface area contributed by atoms with E-state index in [1.165, 1.54) is 6.92 Å². The van der Waals surface area contributed by atoms with Crippen LogP contribution in [-0.4, -0.2) is 78.0 Å². The van der Waals surface area contributed by atoms with Crippen molar-refractivity contribution in [1.29, 1.82) is 0 Å². The maximum Gasteiger partial charge on any atom is 0.510 e. The molecular weight excluding hydrogens is 558 g/mol. The van der Waals surface area contributed by atoms with Crippen molar-refractivity contribution in [3.8, 4) is 0 Å². The number of H-pyrrole nitrogens is 1. The predicted octanol–water partition coefficient (Wildman–Crippen LogP) is 1.66. The minimum atomic E-state index is -4.57. The highest BCUT2D eigenvalue weighted by atomic mass is 31.2. The predicted molar refractivity (Wildman–Crippen MR) is 135 cm³/mol. The number of nitrogens with zero attached hydrogens (tertiary/aromatic N) is 1. The second-order valence-electron chi connectivity index (χ2n) is 9.13. The first kappa shape index (κ1) is 31.6. The van der Waals surface area contributed by atoms with E-state index in [1.54, 1.807) is 30.3 Å². The highest BCUT2D eigenvalue weighted by molar-refractivity contribution is 7.48. The van der Waals surface area contributed by atoms with Crippen LogP contribution in [0.15, 0.2) is 52.2 Å². The molecule has 1 aliphatic rings. The molecule has 16 heteroatoms. The van der Waals surface area contributed by atoms with Gasteiger partial charge in [-0.3, -0.25) is 27.8 Å². The summed E-state index contributed by atoms with van der Waals surface area (Å²) < 4.78 is 59.5. The van der Waals surface area contributed by atoms with Crippen molar-refractivity contribution in [2.45, 2.75) is 38.2 Å². The molecule has 2 aromatic rings. The van der Waals surface area contributed by atoms with Gasteiger partial charge in [-0.1, -0.05) is 30.3 Å². The van der Waals surface area contributed by atoms with Gasteiger partial charge in [0.05, 0.1) is 57.3 Å². The zero-order valence-corrected chi connectivity index (χ0v) is 22.6. The minimum Gasteiger partial charge on any atom is -0.426 e. The van der Waals surface area contributed by atoms with Crippen LogP contribution < -0.4 is 11.2 Å². The first-order valence-electron chi connectivity index (χ1n) is 12.2. The summed E-state index contributed by atoms with van der Waals surface area (Å²) in [7, 11) is -4.57. The van der Waals surface area contributed by atoms with Crippen LogP contribution in [0.2, 0.25) is 0 Å². The van der Waals surface area contributed by atoms with Crippen LogP contribution in [0.5, 0.6) is 0 Å². The van der Waals surface area contributed by atoms with Gasteiger partial charge in [-0.15, -0.1) is 0 Å². The van der Waals surface area contributed by atoms with E-state index in [2.05, 4.69) is 0 Å². The molecule has 4 atom stereocenters. The summed E-state index contributed by atoms with van der Waals surface area (Å²) >= 11 is 0. The normalized spacial score (nSPS) is 18.1. The summed E-state index contributed by atoms with van der Waals surface area (Å²) in [6, 6.07) is 8.48. The van der Waals surface area contributed by atoms with Gasteiger partial charge in [0.2, 0.25) is 6.79 Å². The smallest absolute Gasteiger partial charge is 0.426 e. The molecule has 2 heterocycles. The topological polar surface area (TPSA) is 185 Å². The van der Waals surface area contributed by atoms with Crippen LogP contribution in [0.1, 0.15) is 24.9 Å². The lowest BCUT2D eigenvalue weighted by atomic mass is 9.79. The number of hydrogen-bond donors (Lipinski definition) is 3. The molecule has 2 unspecified atom stereocenters. The number of aromatic amines is 1. The van der Waals surface area contributed by atoms with Crippen LogP contribution in [0.3, 0.4) is 0 Å². The van der Waals surface area contributed by atoms with E-state index in [9.17, 15) is 33.6 Å². The summed E-state index contributed by atoms with van der Waals surface area (Å²) in [6.45, 7) is -2.14. The summed E-state index contributed by atoms with van der Waals surface area (Å²) in [6.07, 6.45) is -2.28. The number of phosphoric ester groups is 1. The fraction of sp³-hybridized carbons (Fsp3) is 0.542. The lowest BCUT2D eigenvalue weighted by molar-refractivity contribution is -0.121. The Bertz CT molecular complexity index is 1250. The number of benzene rings is 1. The van der Waals surface area contributed by atoms with Crippen molar-refractivity contribution in [1.82, 2.24) is 9.55 Å². The highest BCUT2D eigenvalue weighted by Gasteiger charge is 2.42. The third-order valence-electron chi connectivity index (χ3n) is 6.25. The van der Waals surface area contributed by atoms with Crippen molar-refractivity contribution in [3.63, 3.8) is 0 Å². The first-order valence-corrected chi connectivity index (χ1v) is 13.7. The number of hydrogen-bond acceptors (Lipinski definition) is 12. The number of aromatic nitrogens is 2. The Morgan fingerprint density at radius 3 is 2.52 bits per heavy atom. The molecule has 222 valence electrons. The Morgan fingerprint density at radius 1 is 1.23 bits per heavy atom. The molecule has 40 heavy (non-hydrogen) atoms. The largest absolute Gasteiger partial charge is 0.510 e. The summed E-state index contributed by atoms with van der Waals surface area (Å²) in [5, 5.41) is 20.5. The third-order valence-corrected chi connectivity index (χ3v) is 7.56. The molecule has 0 amide bonds. The molecule has 1 aromatic heterocycles. The van der Waals surface area contributed by atoms with Crippen LogP contribution in [0, 0.1) is 5.41 Å². The second-order valence-corrected chi connectivity index (χ2v) is 10.8. The molecule has 0 radical (unpaired) electrons. The van der Waals surface area contributed by atoms with Crippen LogP contribution in [0.25, 0.3) is 0 Å². The molecule has 14 nitrogen and oxygen atoms in total. The number of carbonyl (C=O) groups excluding carboxylic acids is 1. The van der Waals surface area contributed by atoms with Gasteiger partial charge < -0.3 is 24.4 Å². The Hall–Kier alpha value is -2.91. The number of rotatable bonds is 16. The van der Waals surface area contributed by atoms with Gasteiger partial charge in [-0.25, -0.2) is 18.7 Å². The van der Waals surface area contributed by atoms with Gasteiger partial charge in [0.1, 0.15) is 0 Å². The molecule has 1 fully saturated rings. The van der Waals surface area contributed by atoms with Crippen molar-refractivity contribution in [2.24, 2.45) is 5.41 Å². The standard InChI is InChI=1S/C24H32FN2O12P/c1-17(29)24(14-25,9-19(10-28)27-8-7-21(30)26-22(27)31)15-37-40(33,36-11-18-5-3-2-4-6-18)38-16-35-23(32)39-20-12-34-13-20/h2-8,17,19-20,28-29H,9-16H2,1H3,(H,26,30,31)/t17?,19-,24+,40?/m1/s1. The molecule has 3 N–H and O–H groups in total. The minimum absolute atomic E-state index is 0.211. The lowest BCUT2D eigenvalue weighted by Gasteiger charge is -2.37. The van der Waals surface area contributed by atoms with Crippen molar-refractivity contribution in [3.05, 3.63) is 69.0 Å². The SMILES string of the molecule is CC(O)[C@@](CF)(COP(=O)(OCOC(=O)OC1COC1)OCc1ccccc1)C[C@H](CO)n1ccc(=O)[nH]c1=O. The van der Waals surface area contributed by atoms with E-state index in [-0.39, 0.29) is 26.2 Å². The summed E-state index contributed by atoms with van der Waals surface area (Å²) in [5.74, 6) is 0. The monoisotopic (exact) mass is 590 g/mol. The summed E-state index contributed by atoms with van der Waals surface area (Å²) in [5.41, 5.74) is -2.76. The van der Waals surface area contributed by atoms with E-state index >= 15 is 0 Å². The molecule has 1 aromatic carbocycles. The van der Waals surface area contributed by atoms with Gasteiger partial charge in [-0.05, 0) is 18.9 Å². The average molecular weight is 590 g/mol. The molecule has 0 bridgehead atoms. The third kappa shape index (κ3) is 8.80. The zero-order valence-electron chi connectivity index (χ0n) is 21.7. The van der Waals surface area contributed by atoms with Crippen molar-refractivity contribution in [2.75, 3.05) is 39.9 Å². The maximum atomic E-state index is 14.6. The Kier molecular flexibility index (Phi) is 11.6. The number of phosphoric acid groups is 1. The molecule has 0 saturated carbocycles. The second kappa shape index (κ2) is 14.6. The number of carbonyl (C=O) groups is 1. The maximum absolute atomic E-state index is 14.6. The number of aliphatic hydroxyl groups excluding tert-OH is 2. The van der Waals surface area contributed by atoms with Gasteiger partial charge in [-0.2, -0.15) is 0 Å². The Balaban J connectivity index is 1.75. The van der Waals surface area contributed by atoms with E-state index < -0.39 is 75.6 Å². The molecule has 1 saturated heterocycles. The van der Waals surface area contributed by atoms with Crippen molar-refractivity contribution >= 4 is 14.0 Å². The zero-order chi connectivity index (χ0) is 29.2. The fourth-order valence-electron chi connectivity index (χ4n) is 3.63. The number of alkyl halides is 1. The Labute approximate surface area is 228 Å². The molecule has 0 aliphatic carbocycles. The lowest BCUT2D eigenvalue weighted by Crippen LogP contribution is -2.44. The van der Waals surface area contributed by atoms with Gasteiger partial charge in [0.15, 0.2) is 6.10 Å². The molecule has 3 rings (SSSR count). The fourth-order valence-corrected chi connectivity index (χ4v) is 4.76. The first-order chi connectivity index (χ1) is 19.1. The van der Waals surface area contributed by atoms with Gasteiger partial charge >= 0.3 is 19.7 Å². The van der Waals surface area contributed by atoms with Crippen LogP contribution in [-0.2, 0) is 39.0 Å². The number of halogens is 1. The van der Waals surface area contributed by atoms with Crippen LogP contribution >= 0.6 is 7.82 Å². The highest BCUT2D eigenvalue weighted by Crippen LogP contribution is 2.52. The number of aliphatic hydroxyl groups is 2. The number of nitrogens with one attached hydrogen (secondary N) is 1. The van der Waals surface area contributed by atoms with E-state index in [0.717, 1.165) is 16.8 Å². The van der Waals surface area contributed by atoms with E-state index in [4.69, 9.17) is 27.8 Å². The number of ether oxygens (including phenoxy) is 3. The molecule has 1 aliphatic heterocycles. The van der Waals surface area contributed by atoms with Gasteiger partial charge in [0.25, 0.3) is 5.56 Å². The van der Waals surface area contributed by atoms with Gasteiger partial charge in [0, 0.05) is 12.3 Å². The quantitative estimate of drug-likeness (QED) is 0.146. The summed E-state index contributed by atoms with van der Waals surface area (Å²) in [4.78, 5) is 37.5.